The standard InChI is InChI=1S/C23H19N3O2S2/c1-15-5-6-16(2)18(10-15)25-23-26(19(13-30-23)22-4-3-9-29-22)24-12-17-7-8-20-21(11-17)28-14-27-20/h3-13H,14H2,1-2H3. The molecule has 150 valence electrons. The lowest BCUT2D eigenvalue weighted by Gasteiger charge is -2.03. The Bertz CT molecular complexity index is 1300. The first-order chi connectivity index (χ1) is 14.7. The summed E-state index contributed by atoms with van der Waals surface area (Å²) in [6, 6.07) is 16.3. The smallest absolute Gasteiger partial charge is 0.231 e. The molecule has 0 spiro atoms. The molecule has 2 aromatic carbocycles. The quantitative estimate of drug-likeness (QED) is 0.386. The monoisotopic (exact) mass is 433 g/mol. The van der Waals surface area contributed by atoms with Crippen LogP contribution in [0.1, 0.15) is 16.7 Å². The second-order valence-electron chi connectivity index (χ2n) is 6.95. The highest BCUT2D eigenvalue weighted by molar-refractivity contribution is 7.14. The minimum absolute atomic E-state index is 0.261. The van der Waals surface area contributed by atoms with Gasteiger partial charge in [0.25, 0.3) is 0 Å². The second kappa shape index (κ2) is 7.93. The second-order valence-corrected chi connectivity index (χ2v) is 8.74. The fourth-order valence-corrected chi connectivity index (χ4v) is 4.79. The van der Waals surface area contributed by atoms with Crippen molar-refractivity contribution < 1.29 is 9.47 Å². The Balaban J connectivity index is 1.61. The average molecular weight is 434 g/mol. The number of aryl methyl sites for hydroxylation is 2. The van der Waals surface area contributed by atoms with Gasteiger partial charge >= 0.3 is 0 Å². The molecule has 1 aliphatic rings. The molecule has 5 rings (SSSR count). The zero-order valence-electron chi connectivity index (χ0n) is 16.5. The van der Waals surface area contributed by atoms with Crippen molar-refractivity contribution in [2.24, 2.45) is 10.1 Å². The van der Waals surface area contributed by atoms with Gasteiger partial charge in [-0.25, -0.2) is 9.67 Å². The molecule has 0 radical (unpaired) electrons. The van der Waals surface area contributed by atoms with Gasteiger partial charge in [-0.05, 0) is 66.2 Å². The van der Waals surface area contributed by atoms with E-state index in [0.717, 1.165) is 43.7 Å². The number of rotatable bonds is 4. The number of nitrogens with zero attached hydrogens (tertiary/aromatic N) is 3. The van der Waals surface area contributed by atoms with E-state index >= 15 is 0 Å². The van der Waals surface area contributed by atoms with Gasteiger partial charge in [-0.3, -0.25) is 0 Å². The SMILES string of the molecule is Cc1ccc(C)c(N=c2scc(-c3cccs3)n2N=Cc2ccc3c(c2)OCO3)c1. The van der Waals surface area contributed by atoms with Crippen LogP contribution in [0.15, 0.2) is 69.4 Å². The first-order valence-corrected chi connectivity index (χ1v) is 11.2. The Morgan fingerprint density at radius 3 is 2.77 bits per heavy atom. The van der Waals surface area contributed by atoms with Gasteiger partial charge in [0.05, 0.1) is 22.5 Å². The molecule has 4 aromatic rings. The van der Waals surface area contributed by atoms with Crippen molar-refractivity contribution in [1.82, 2.24) is 4.68 Å². The summed E-state index contributed by atoms with van der Waals surface area (Å²) in [6.07, 6.45) is 1.83. The molecule has 30 heavy (non-hydrogen) atoms. The van der Waals surface area contributed by atoms with E-state index in [2.05, 4.69) is 48.9 Å². The van der Waals surface area contributed by atoms with Gasteiger partial charge in [0.2, 0.25) is 11.6 Å². The minimum Gasteiger partial charge on any atom is -0.454 e. The van der Waals surface area contributed by atoms with E-state index in [4.69, 9.17) is 19.6 Å². The van der Waals surface area contributed by atoms with Crippen molar-refractivity contribution in [2.75, 3.05) is 6.79 Å². The number of thiophene rings is 1. The molecule has 0 saturated heterocycles. The van der Waals surface area contributed by atoms with Crippen molar-refractivity contribution in [1.29, 1.82) is 0 Å². The third-order valence-electron chi connectivity index (χ3n) is 4.76. The van der Waals surface area contributed by atoms with Crippen LogP contribution in [0, 0.1) is 13.8 Å². The van der Waals surface area contributed by atoms with Crippen LogP contribution in [0.2, 0.25) is 0 Å². The van der Waals surface area contributed by atoms with Crippen LogP contribution in [-0.2, 0) is 0 Å². The van der Waals surface area contributed by atoms with Crippen LogP contribution in [0.5, 0.6) is 11.5 Å². The summed E-state index contributed by atoms with van der Waals surface area (Å²) in [5.74, 6) is 1.51. The van der Waals surface area contributed by atoms with Crippen molar-refractivity contribution in [3.63, 3.8) is 0 Å². The summed E-state index contributed by atoms with van der Waals surface area (Å²) in [6.45, 7) is 4.42. The summed E-state index contributed by atoms with van der Waals surface area (Å²) < 4.78 is 12.8. The molecule has 7 heteroatoms. The topological polar surface area (TPSA) is 48.1 Å². The van der Waals surface area contributed by atoms with Crippen molar-refractivity contribution in [2.45, 2.75) is 13.8 Å². The van der Waals surface area contributed by atoms with Gasteiger partial charge < -0.3 is 9.47 Å². The van der Waals surface area contributed by atoms with E-state index < -0.39 is 0 Å². The molecule has 0 bridgehead atoms. The fourth-order valence-electron chi connectivity index (χ4n) is 3.14. The van der Waals surface area contributed by atoms with Gasteiger partial charge in [0.1, 0.15) is 0 Å². The van der Waals surface area contributed by atoms with Gasteiger partial charge in [-0.15, -0.1) is 22.7 Å². The van der Waals surface area contributed by atoms with Gasteiger partial charge in [0.15, 0.2) is 11.5 Å². The summed E-state index contributed by atoms with van der Waals surface area (Å²) in [4.78, 5) is 6.90. The third kappa shape index (κ3) is 3.69. The van der Waals surface area contributed by atoms with Crippen LogP contribution in [0.25, 0.3) is 10.6 Å². The number of thiazole rings is 1. The van der Waals surface area contributed by atoms with E-state index in [0.29, 0.717) is 0 Å². The maximum absolute atomic E-state index is 5.48. The van der Waals surface area contributed by atoms with Crippen molar-refractivity contribution in [3.05, 3.63) is 80.8 Å². The number of ether oxygens (including phenoxy) is 2. The third-order valence-corrected chi connectivity index (χ3v) is 6.47. The first kappa shape index (κ1) is 18.8. The highest BCUT2D eigenvalue weighted by Gasteiger charge is 2.13. The zero-order valence-corrected chi connectivity index (χ0v) is 18.2. The molecular formula is C23H19N3O2S2. The van der Waals surface area contributed by atoms with Crippen LogP contribution in [-0.4, -0.2) is 17.7 Å². The maximum atomic E-state index is 5.48. The van der Waals surface area contributed by atoms with Gasteiger partial charge in [0, 0.05) is 5.38 Å². The molecule has 0 fully saturated rings. The number of aromatic nitrogens is 1. The Kier molecular flexibility index (Phi) is 4.98. The minimum atomic E-state index is 0.261. The molecule has 2 aromatic heterocycles. The van der Waals surface area contributed by atoms with Crippen molar-refractivity contribution in [3.8, 4) is 22.1 Å². The summed E-state index contributed by atoms with van der Waals surface area (Å²) in [5.41, 5.74) is 5.24. The van der Waals surface area contributed by atoms with Gasteiger partial charge in [-0.1, -0.05) is 18.2 Å². The molecule has 0 unspecified atom stereocenters. The Hall–Kier alpha value is -3.16. The molecule has 1 aliphatic heterocycles. The molecule has 5 nitrogen and oxygen atoms in total. The first-order valence-electron chi connectivity index (χ1n) is 9.48. The molecule has 3 heterocycles. The van der Waals surface area contributed by atoms with E-state index in [9.17, 15) is 0 Å². The average Bonchev–Trinajstić information content (AvgIpc) is 3.49. The number of benzene rings is 2. The van der Waals surface area contributed by atoms with E-state index in [1.807, 2.05) is 35.2 Å². The number of hydrogen-bond acceptors (Lipinski definition) is 6. The largest absolute Gasteiger partial charge is 0.454 e. The predicted octanol–water partition coefficient (Wildman–Crippen LogP) is 5.74. The Morgan fingerprint density at radius 1 is 1.00 bits per heavy atom. The van der Waals surface area contributed by atoms with Crippen molar-refractivity contribution >= 4 is 34.6 Å². The van der Waals surface area contributed by atoms with E-state index in [1.165, 1.54) is 5.56 Å². The Morgan fingerprint density at radius 2 is 1.90 bits per heavy atom. The summed E-state index contributed by atoms with van der Waals surface area (Å²) in [7, 11) is 0. The highest BCUT2D eigenvalue weighted by Crippen LogP contribution is 2.32. The number of fused-ring (bicyclic) bond motifs is 1. The van der Waals surface area contributed by atoms with Crippen LogP contribution in [0.3, 0.4) is 0 Å². The lowest BCUT2D eigenvalue weighted by Crippen LogP contribution is -2.11. The van der Waals surface area contributed by atoms with E-state index in [-0.39, 0.29) is 6.79 Å². The molecule has 0 atom stereocenters. The van der Waals surface area contributed by atoms with Crippen LogP contribution in [0.4, 0.5) is 5.69 Å². The lowest BCUT2D eigenvalue weighted by atomic mass is 10.1. The molecular weight excluding hydrogens is 414 g/mol. The van der Waals surface area contributed by atoms with Gasteiger partial charge in [-0.2, -0.15) is 5.10 Å². The molecule has 0 aliphatic carbocycles. The van der Waals surface area contributed by atoms with Crippen LogP contribution < -0.4 is 14.3 Å². The fraction of sp³-hybridized carbons (Fsp3) is 0.130. The normalized spacial score (nSPS) is 13.5. The molecule has 0 amide bonds. The van der Waals surface area contributed by atoms with Crippen LogP contribution >= 0.6 is 22.7 Å². The number of hydrogen-bond donors (Lipinski definition) is 0. The predicted molar refractivity (Wildman–Crippen MR) is 122 cm³/mol. The molecule has 0 saturated carbocycles. The summed E-state index contributed by atoms with van der Waals surface area (Å²) in [5, 5.41) is 8.96. The summed E-state index contributed by atoms with van der Waals surface area (Å²) >= 11 is 3.27. The zero-order chi connectivity index (χ0) is 20.5. The lowest BCUT2D eigenvalue weighted by molar-refractivity contribution is 0.174. The highest BCUT2D eigenvalue weighted by atomic mass is 32.1. The van der Waals surface area contributed by atoms with E-state index in [1.54, 1.807) is 22.7 Å². The molecule has 0 N–H and O–H groups in total. The maximum Gasteiger partial charge on any atom is 0.231 e. The Labute approximate surface area is 182 Å².